The van der Waals surface area contributed by atoms with Crippen molar-refractivity contribution in [3.63, 3.8) is 0 Å². The number of hydrogen-bond acceptors (Lipinski definition) is 4. The molecule has 0 saturated heterocycles. The summed E-state index contributed by atoms with van der Waals surface area (Å²) in [4.78, 5) is 37.8. The molecule has 0 aliphatic rings. The van der Waals surface area contributed by atoms with Gasteiger partial charge in [-0.2, -0.15) is 0 Å². The number of aromatic nitrogens is 1. The zero-order valence-electron chi connectivity index (χ0n) is 17.3. The number of amides is 1. The lowest BCUT2D eigenvalue weighted by molar-refractivity contribution is -0.131. The van der Waals surface area contributed by atoms with Crippen LogP contribution in [0.3, 0.4) is 0 Å². The van der Waals surface area contributed by atoms with Crippen LogP contribution in [0.25, 0.3) is 32.2 Å². The molecule has 162 valence electrons. The predicted molar refractivity (Wildman–Crippen MR) is 129 cm³/mol. The number of carbonyl (C=O) groups is 3. The van der Waals surface area contributed by atoms with Crippen molar-refractivity contribution in [2.24, 2.45) is 5.73 Å². The van der Waals surface area contributed by atoms with Gasteiger partial charge in [0.25, 0.3) is 5.78 Å². The third-order valence-electron chi connectivity index (χ3n) is 5.69. The number of thiophene rings is 1. The molecule has 6 nitrogen and oxygen atoms in total. The standard InChI is InChI=1S/C26H18N2O4S/c27-25(30)17-8-4-9-19-22(17)23-18(24(29)26(31)32)12-16(21-10-5-11-33-21)13-20(23)28(19)14-15-6-2-1-3-7-15/h1-13H,14H2,(H2,27,30)(H,31,32). The van der Waals surface area contributed by atoms with Crippen molar-refractivity contribution >= 4 is 50.8 Å². The minimum atomic E-state index is -1.56. The number of rotatable bonds is 6. The van der Waals surface area contributed by atoms with Crippen LogP contribution in [0.15, 0.2) is 78.2 Å². The Morgan fingerprint density at radius 2 is 1.61 bits per heavy atom. The summed E-state index contributed by atoms with van der Waals surface area (Å²) in [5.41, 5.74) is 9.08. The zero-order chi connectivity index (χ0) is 23.1. The zero-order valence-corrected chi connectivity index (χ0v) is 18.1. The van der Waals surface area contributed by atoms with E-state index in [2.05, 4.69) is 0 Å². The van der Waals surface area contributed by atoms with Crippen LogP contribution in [0.5, 0.6) is 0 Å². The monoisotopic (exact) mass is 454 g/mol. The Morgan fingerprint density at radius 1 is 0.848 bits per heavy atom. The van der Waals surface area contributed by atoms with Gasteiger partial charge in [-0.1, -0.05) is 42.5 Å². The van der Waals surface area contributed by atoms with E-state index in [1.54, 1.807) is 18.2 Å². The highest BCUT2D eigenvalue weighted by atomic mass is 32.1. The van der Waals surface area contributed by atoms with E-state index in [1.165, 1.54) is 11.3 Å². The Morgan fingerprint density at radius 3 is 2.27 bits per heavy atom. The number of aliphatic carboxylic acids is 1. The van der Waals surface area contributed by atoms with E-state index in [9.17, 15) is 19.5 Å². The topological polar surface area (TPSA) is 102 Å². The molecule has 5 aromatic rings. The highest BCUT2D eigenvalue weighted by Crippen LogP contribution is 2.38. The molecule has 1 amide bonds. The summed E-state index contributed by atoms with van der Waals surface area (Å²) in [7, 11) is 0. The second-order valence-corrected chi connectivity index (χ2v) is 8.61. The van der Waals surface area contributed by atoms with Crippen molar-refractivity contribution in [1.82, 2.24) is 4.57 Å². The summed E-state index contributed by atoms with van der Waals surface area (Å²) >= 11 is 1.50. The second kappa shape index (κ2) is 8.03. The second-order valence-electron chi connectivity index (χ2n) is 7.67. The fourth-order valence-corrected chi connectivity index (χ4v) is 5.00. The Hall–Kier alpha value is -4.23. The van der Waals surface area contributed by atoms with Crippen molar-refractivity contribution in [2.45, 2.75) is 6.54 Å². The first-order valence-electron chi connectivity index (χ1n) is 10.2. The van der Waals surface area contributed by atoms with Crippen molar-refractivity contribution in [1.29, 1.82) is 0 Å². The minimum absolute atomic E-state index is 0.0360. The first kappa shape index (κ1) is 20.7. The molecule has 0 saturated carbocycles. The fourth-order valence-electron chi connectivity index (χ4n) is 4.28. The number of carboxylic acid groups (broad SMARTS) is 1. The van der Waals surface area contributed by atoms with Gasteiger partial charge in [-0.15, -0.1) is 11.3 Å². The molecule has 33 heavy (non-hydrogen) atoms. The van der Waals surface area contributed by atoms with E-state index in [0.29, 0.717) is 28.4 Å². The summed E-state index contributed by atoms with van der Waals surface area (Å²) in [6.07, 6.45) is 0. The van der Waals surface area contributed by atoms with Crippen LogP contribution in [0, 0.1) is 0 Å². The van der Waals surface area contributed by atoms with Gasteiger partial charge in [-0.05, 0) is 46.8 Å². The molecule has 7 heteroatoms. The molecule has 2 aromatic heterocycles. The highest BCUT2D eigenvalue weighted by Gasteiger charge is 2.26. The van der Waals surface area contributed by atoms with Crippen LogP contribution < -0.4 is 5.73 Å². The summed E-state index contributed by atoms with van der Waals surface area (Å²) < 4.78 is 2.00. The maximum atomic E-state index is 12.9. The number of primary amides is 1. The Balaban J connectivity index is 1.95. The number of nitrogens with zero attached hydrogens (tertiary/aromatic N) is 1. The normalized spacial score (nSPS) is 11.2. The van der Waals surface area contributed by atoms with E-state index in [4.69, 9.17) is 5.73 Å². The van der Waals surface area contributed by atoms with E-state index >= 15 is 0 Å². The van der Waals surface area contributed by atoms with Gasteiger partial charge in [-0.3, -0.25) is 9.59 Å². The Bertz CT molecular complexity index is 1550. The molecule has 3 N–H and O–H groups in total. The molecule has 5 rings (SSSR count). The van der Waals surface area contributed by atoms with E-state index < -0.39 is 17.7 Å². The quantitative estimate of drug-likeness (QED) is 0.280. The molecular formula is C26H18N2O4S. The number of nitrogens with two attached hydrogens (primary N) is 1. The van der Waals surface area contributed by atoms with Crippen LogP contribution in [-0.2, 0) is 11.3 Å². The Labute approximate surface area is 192 Å². The molecule has 0 bridgehead atoms. The number of carboxylic acids is 1. The van der Waals surface area contributed by atoms with Crippen LogP contribution in [-0.4, -0.2) is 27.3 Å². The number of Topliss-reactive ketones (excluding diaryl/α,β-unsaturated/α-hetero) is 1. The first-order valence-corrected chi connectivity index (χ1v) is 11.1. The number of benzene rings is 3. The van der Waals surface area contributed by atoms with E-state index in [1.807, 2.05) is 64.5 Å². The number of hydrogen-bond donors (Lipinski definition) is 2. The summed E-state index contributed by atoms with van der Waals surface area (Å²) in [5.74, 6) is -3.23. The molecule has 0 fully saturated rings. The molecule has 0 unspecified atom stereocenters. The van der Waals surface area contributed by atoms with Gasteiger partial charge < -0.3 is 15.4 Å². The van der Waals surface area contributed by atoms with E-state index in [-0.39, 0.29) is 11.1 Å². The summed E-state index contributed by atoms with van der Waals surface area (Å²) in [6.45, 7) is 0.470. The van der Waals surface area contributed by atoms with Gasteiger partial charge in [0.15, 0.2) is 0 Å². The maximum absolute atomic E-state index is 12.9. The van der Waals surface area contributed by atoms with Gasteiger partial charge in [0.05, 0.1) is 11.0 Å². The molecule has 0 aliphatic heterocycles. The number of carbonyl (C=O) groups excluding carboxylic acids is 2. The highest BCUT2D eigenvalue weighted by molar-refractivity contribution is 7.13. The predicted octanol–water partition coefficient (Wildman–Crippen LogP) is 4.94. The third-order valence-corrected chi connectivity index (χ3v) is 6.60. The van der Waals surface area contributed by atoms with Crippen molar-refractivity contribution in [3.8, 4) is 10.4 Å². The molecule has 0 aliphatic carbocycles. The molecule has 0 radical (unpaired) electrons. The largest absolute Gasteiger partial charge is 0.475 e. The lowest BCUT2D eigenvalue weighted by Gasteiger charge is -2.10. The third kappa shape index (κ3) is 3.48. The first-order chi connectivity index (χ1) is 16.0. The lowest BCUT2D eigenvalue weighted by atomic mass is 9.97. The average Bonchev–Trinajstić information content (AvgIpc) is 3.46. The summed E-state index contributed by atoms with van der Waals surface area (Å²) in [5, 5.41) is 12.4. The molecule has 0 spiro atoms. The van der Waals surface area contributed by atoms with Gasteiger partial charge >= 0.3 is 5.97 Å². The smallest absolute Gasteiger partial charge is 0.377 e. The average molecular weight is 455 g/mol. The van der Waals surface area contributed by atoms with Crippen molar-refractivity contribution < 1.29 is 19.5 Å². The molecule has 3 aromatic carbocycles. The molecule has 0 atom stereocenters. The molecular weight excluding hydrogens is 436 g/mol. The Kier molecular flexibility index (Phi) is 5.03. The summed E-state index contributed by atoms with van der Waals surface area (Å²) in [6, 6.07) is 22.3. The maximum Gasteiger partial charge on any atom is 0.377 e. The fraction of sp³-hybridized carbons (Fsp3) is 0.0385. The number of fused-ring (bicyclic) bond motifs is 3. The van der Waals surface area contributed by atoms with Crippen LogP contribution >= 0.6 is 11.3 Å². The van der Waals surface area contributed by atoms with Crippen LogP contribution in [0.4, 0.5) is 0 Å². The van der Waals surface area contributed by atoms with Gasteiger partial charge in [0.1, 0.15) is 0 Å². The van der Waals surface area contributed by atoms with Crippen molar-refractivity contribution in [3.05, 3.63) is 94.9 Å². The van der Waals surface area contributed by atoms with Crippen molar-refractivity contribution in [2.75, 3.05) is 0 Å². The van der Waals surface area contributed by atoms with E-state index in [0.717, 1.165) is 16.0 Å². The van der Waals surface area contributed by atoms with Crippen LogP contribution in [0.1, 0.15) is 26.3 Å². The SMILES string of the molecule is NC(=O)c1cccc2c1c1c(C(=O)C(=O)O)cc(-c3cccs3)cc1n2Cc1ccccc1. The lowest BCUT2D eigenvalue weighted by Crippen LogP contribution is -2.14. The van der Waals surface area contributed by atoms with Crippen LogP contribution in [0.2, 0.25) is 0 Å². The minimum Gasteiger partial charge on any atom is -0.475 e. The van der Waals surface area contributed by atoms with Gasteiger partial charge in [-0.25, -0.2) is 4.79 Å². The van der Waals surface area contributed by atoms with Gasteiger partial charge in [0, 0.05) is 33.3 Å². The number of ketones is 1. The molecule has 2 heterocycles. The van der Waals surface area contributed by atoms with Gasteiger partial charge in [0.2, 0.25) is 5.91 Å².